The molecule has 0 spiro atoms. The zero-order valence-electron chi connectivity index (χ0n) is 15.0. The summed E-state index contributed by atoms with van der Waals surface area (Å²) < 4.78 is 12.9. The van der Waals surface area contributed by atoms with Crippen molar-refractivity contribution in [3.05, 3.63) is 60.6 Å². The Kier molecular flexibility index (Phi) is 4.87. The molecule has 0 aliphatic rings. The van der Waals surface area contributed by atoms with E-state index in [9.17, 15) is 9.47 Å². The van der Waals surface area contributed by atoms with Gasteiger partial charge in [0.1, 0.15) is 12.0 Å². The average Bonchev–Trinajstić information content (AvgIpc) is 3.41. The molecule has 4 aromatic rings. The normalized spacial score (nSPS) is 13.1. The van der Waals surface area contributed by atoms with E-state index in [4.69, 9.17) is 0 Å². The van der Waals surface area contributed by atoms with E-state index in [-0.39, 0.29) is 17.7 Å². The number of pyridine rings is 1. The molecule has 0 fully saturated rings. The van der Waals surface area contributed by atoms with Crippen LogP contribution < -0.4 is 0 Å². The zero-order chi connectivity index (χ0) is 19.5. The number of fused-ring (bicyclic) bond motifs is 1. The monoisotopic (exact) mass is 390 g/mol. The SMILES string of the molecule is CC([S+]=O)c1cncc(C(CC#N)n2cc(-c3ncnc4[nH]ccc34)cn2)c1. The molecule has 0 radical (unpaired) electrons. The number of nitriles is 1. The molecule has 4 aromatic heterocycles. The van der Waals surface area contributed by atoms with E-state index in [2.05, 4.69) is 31.1 Å². The quantitative estimate of drug-likeness (QED) is 0.506. The van der Waals surface area contributed by atoms with Crippen molar-refractivity contribution in [2.75, 3.05) is 0 Å². The van der Waals surface area contributed by atoms with E-state index >= 15 is 0 Å². The molecule has 4 heterocycles. The lowest BCUT2D eigenvalue weighted by atomic mass is 10.0. The van der Waals surface area contributed by atoms with E-state index in [1.54, 1.807) is 23.3 Å². The molecule has 4 rings (SSSR count). The minimum absolute atomic E-state index is 0.216. The van der Waals surface area contributed by atoms with Crippen LogP contribution in [0.15, 0.2) is 49.4 Å². The zero-order valence-corrected chi connectivity index (χ0v) is 15.8. The van der Waals surface area contributed by atoms with Crippen molar-refractivity contribution < 1.29 is 4.21 Å². The topological polar surface area (TPSA) is 113 Å². The second-order valence-corrected chi connectivity index (χ2v) is 7.24. The highest BCUT2D eigenvalue weighted by Gasteiger charge is 2.22. The minimum atomic E-state index is -0.307. The van der Waals surface area contributed by atoms with Gasteiger partial charge in [-0.1, -0.05) is 0 Å². The van der Waals surface area contributed by atoms with E-state index in [0.717, 1.165) is 33.4 Å². The molecule has 0 aliphatic heterocycles. The van der Waals surface area contributed by atoms with Crippen LogP contribution in [0.4, 0.5) is 0 Å². The third-order valence-corrected chi connectivity index (χ3v) is 5.17. The molecule has 0 saturated heterocycles. The van der Waals surface area contributed by atoms with Gasteiger partial charge in [0.25, 0.3) is 5.25 Å². The van der Waals surface area contributed by atoms with Crippen LogP contribution in [0.25, 0.3) is 22.3 Å². The van der Waals surface area contributed by atoms with Crippen LogP contribution in [0, 0.1) is 11.3 Å². The second-order valence-electron chi connectivity index (χ2n) is 6.34. The van der Waals surface area contributed by atoms with E-state index in [0.29, 0.717) is 11.7 Å². The summed E-state index contributed by atoms with van der Waals surface area (Å²) in [5.74, 6) is 0. The van der Waals surface area contributed by atoms with Crippen LogP contribution in [0.2, 0.25) is 0 Å². The van der Waals surface area contributed by atoms with Crippen LogP contribution in [0.3, 0.4) is 0 Å². The predicted octanol–water partition coefficient (Wildman–Crippen LogP) is 3.21. The van der Waals surface area contributed by atoms with Gasteiger partial charge >= 0.3 is 11.7 Å². The van der Waals surface area contributed by atoms with Gasteiger partial charge in [0.05, 0.1) is 30.4 Å². The highest BCUT2D eigenvalue weighted by Crippen LogP contribution is 2.28. The van der Waals surface area contributed by atoms with Gasteiger partial charge in [-0.15, -0.1) is 0 Å². The minimum Gasteiger partial charge on any atom is -0.346 e. The Hall–Kier alpha value is -3.51. The number of H-pyrrole nitrogens is 1. The Morgan fingerprint density at radius 2 is 2.14 bits per heavy atom. The third-order valence-electron chi connectivity index (χ3n) is 4.61. The van der Waals surface area contributed by atoms with Crippen LogP contribution in [-0.2, 0) is 15.9 Å². The van der Waals surface area contributed by atoms with Gasteiger partial charge in [-0.05, 0) is 17.7 Å². The fraction of sp³-hybridized carbons (Fsp3) is 0.211. The molecule has 28 heavy (non-hydrogen) atoms. The first-order chi connectivity index (χ1) is 13.7. The fourth-order valence-electron chi connectivity index (χ4n) is 3.12. The van der Waals surface area contributed by atoms with Crippen LogP contribution in [-0.4, -0.2) is 29.7 Å². The molecular formula is C19H16N7OS+. The maximum atomic E-state index is 11.2. The number of nitrogens with zero attached hydrogens (tertiary/aromatic N) is 6. The maximum absolute atomic E-state index is 11.2. The van der Waals surface area contributed by atoms with Gasteiger partial charge in [0, 0.05) is 52.4 Å². The van der Waals surface area contributed by atoms with Crippen molar-refractivity contribution in [3.8, 4) is 17.3 Å². The van der Waals surface area contributed by atoms with Crippen molar-refractivity contribution in [2.24, 2.45) is 0 Å². The number of hydrogen-bond donors (Lipinski definition) is 1. The number of rotatable bonds is 6. The number of aromatic nitrogens is 6. The third kappa shape index (κ3) is 3.25. The first kappa shape index (κ1) is 17.9. The summed E-state index contributed by atoms with van der Waals surface area (Å²) in [4.78, 5) is 15.9. The summed E-state index contributed by atoms with van der Waals surface area (Å²) in [6, 6.07) is 5.75. The molecule has 8 nitrogen and oxygen atoms in total. The molecule has 2 atom stereocenters. The van der Waals surface area contributed by atoms with Crippen LogP contribution in [0.1, 0.15) is 35.8 Å². The largest absolute Gasteiger partial charge is 0.466 e. The smallest absolute Gasteiger partial charge is 0.346 e. The van der Waals surface area contributed by atoms with Gasteiger partial charge in [-0.3, -0.25) is 9.67 Å². The van der Waals surface area contributed by atoms with Gasteiger partial charge < -0.3 is 4.98 Å². The number of aromatic amines is 1. The van der Waals surface area contributed by atoms with E-state index in [1.165, 1.54) is 6.33 Å². The molecule has 0 aliphatic carbocycles. The molecule has 0 amide bonds. The molecule has 2 unspecified atom stereocenters. The lowest BCUT2D eigenvalue weighted by Crippen LogP contribution is -2.11. The summed E-state index contributed by atoms with van der Waals surface area (Å²) in [7, 11) is 0. The predicted molar refractivity (Wildman–Crippen MR) is 104 cm³/mol. The van der Waals surface area contributed by atoms with Crippen molar-refractivity contribution in [1.29, 1.82) is 5.26 Å². The molecule has 1 N–H and O–H groups in total. The van der Waals surface area contributed by atoms with Gasteiger partial charge in [0.15, 0.2) is 0 Å². The lowest BCUT2D eigenvalue weighted by Gasteiger charge is -2.15. The molecule has 0 aromatic carbocycles. The van der Waals surface area contributed by atoms with Gasteiger partial charge in [-0.25, -0.2) is 9.97 Å². The standard InChI is InChI=1S/C19H16N7OS/c1-12(28-27)13-6-14(8-21-7-13)17(2-4-20)26-10-15(9-25-26)18-16-3-5-22-19(16)24-11-23-18/h3,5-12,17H,2H2,1H3,(H,22,23,24)/q+1. The van der Waals surface area contributed by atoms with Crippen molar-refractivity contribution in [2.45, 2.75) is 24.6 Å². The maximum Gasteiger partial charge on any atom is 0.466 e. The average molecular weight is 390 g/mol. The van der Waals surface area contributed by atoms with Crippen LogP contribution in [0.5, 0.6) is 0 Å². The van der Waals surface area contributed by atoms with Crippen LogP contribution >= 0.6 is 0 Å². The summed E-state index contributed by atoms with van der Waals surface area (Å²) in [5.41, 5.74) is 4.04. The summed E-state index contributed by atoms with van der Waals surface area (Å²) >= 11 is 0.516. The van der Waals surface area contributed by atoms with Gasteiger partial charge in [0.2, 0.25) is 0 Å². The molecule has 138 valence electrons. The Morgan fingerprint density at radius 3 is 2.96 bits per heavy atom. The van der Waals surface area contributed by atoms with Crippen molar-refractivity contribution >= 4 is 22.7 Å². The highest BCUT2D eigenvalue weighted by atomic mass is 32.1. The molecular weight excluding hydrogens is 374 g/mol. The fourth-order valence-corrected chi connectivity index (χ4v) is 3.36. The Labute approximate surface area is 164 Å². The first-order valence-corrected chi connectivity index (χ1v) is 9.44. The lowest BCUT2D eigenvalue weighted by molar-refractivity contribution is 0.530. The van der Waals surface area contributed by atoms with Crippen molar-refractivity contribution in [3.63, 3.8) is 0 Å². The van der Waals surface area contributed by atoms with E-state index < -0.39 is 0 Å². The van der Waals surface area contributed by atoms with Crippen molar-refractivity contribution in [1.82, 2.24) is 29.7 Å². The highest BCUT2D eigenvalue weighted by molar-refractivity contribution is 7.65. The molecule has 0 saturated carbocycles. The summed E-state index contributed by atoms with van der Waals surface area (Å²) in [5, 5.41) is 14.5. The summed E-state index contributed by atoms with van der Waals surface area (Å²) in [6.45, 7) is 1.83. The number of hydrogen-bond acceptors (Lipinski definition) is 6. The van der Waals surface area contributed by atoms with E-state index in [1.807, 2.05) is 31.5 Å². The van der Waals surface area contributed by atoms with Gasteiger partial charge in [-0.2, -0.15) is 10.4 Å². The Balaban J connectivity index is 1.74. The summed E-state index contributed by atoms with van der Waals surface area (Å²) in [6.07, 6.45) is 10.5. The molecule has 0 bridgehead atoms. The Morgan fingerprint density at radius 1 is 1.29 bits per heavy atom. The first-order valence-electron chi connectivity index (χ1n) is 8.64. The molecule has 9 heteroatoms. The number of nitrogens with one attached hydrogen (secondary N) is 1. The Bertz CT molecular complexity index is 1180. The second kappa shape index (κ2) is 7.62.